The second-order valence-corrected chi connectivity index (χ2v) is 7.36. The average molecular weight is 387 g/mol. The highest BCUT2D eigenvalue weighted by Gasteiger charge is 2.32. The number of nitrogens with one attached hydrogen (secondary N) is 1. The Morgan fingerprint density at radius 2 is 1.85 bits per heavy atom. The summed E-state index contributed by atoms with van der Waals surface area (Å²) in [6.07, 6.45) is 3.27. The number of hydrogen-bond donors (Lipinski definition) is 1. The summed E-state index contributed by atoms with van der Waals surface area (Å²) in [5, 5.41) is 0. The van der Waals surface area contributed by atoms with Crippen molar-refractivity contribution in [3.63, 3.8) is 0 Å². The number of rotatable bonds is 4. The molecule has 0 saturated carbocycles. The van der Waals surface area contributed by atoms with E-state index >= 15 is 0 Å². The predicted octanol–water partition coefficient (Wildman–Crippen LogP) is 4.63. The smallest absolute Gasteiger partial charge is 0.334 e. The van der Waals surface area contributed by atoms with Crippen LogP contribution < -0.4 is 0 Å². The van der Waals surface area contributed by atoms with Crippen LogP contribution in [0.4, 0.5) is 13.2 Å². The number of aromatic amines is 1. The number of benzene rings is 2. The molecule has 3 rings (SSSR count). The van der Waals surface area contributed by atoms with Crippen molar-refractivity contribution in [1.29, 1.82) is 0 Å². The molecule has 1 heterocycles. The third-order valence-corrected chi connectivity index (χ3v) is 4.94. The molecule has 0 radical (unpaired) electrons. The first-order chi connectivity index (χ1) is 12.8. The van der Waals surface area contributed by atoms with Gasteiger partial charge in [0.2, 0.25) is 0 Å². The largest absolute Gasteiger partial charge is 0.355 e. The van der Waals surface area contributed by atoms with Crippen LogP contribution in [-0.4, -0.2) is 15.4 Å². The van der Waals surface area contributed by atoms with Gasteiger partial charge in [-0.25, -0.2) is 4.39 Å². The predicted molar refractivity (Wildman–Crippen MR) is 99.5 cm³/mol. The molecule has 0 aliphatic carbocycles. The lowest BCUT2D eigenvalue weighted by Gasteiger charge is -2.15. The summed E-state index contributed by atoms with van der Waals surface area (Å²) in [4.78, 5) is 3.39. The number of alkyl halides is 2. The molecule has 2 nitrogen and oxygen atoms in total. The summed E-state index contributed by atoms with van der Waals surface area (Å²) in [6, 6.07) is 13.2. The lowest BCUT2D eigenvalue weighted by atomic mass is 9.96. The third-order valence-electron chi connectivity index (χ3n) is 4.01. The van der Waals surface area contributed by atoms with Gasteiger partial charge in [0.05, 0.1) is 5.69 Å². The fourth-order valence-corrected chi connectivity index (χ4v) is 3.17. The van der Waals surface area contributed by atoms with E-state index in [1.54, 1.807) is 48.9 Å². The van der Waals surface area contributed by atoms with Crippen molar-refractivity contribution in [2.75, 3.05) is 6.26 Å². The quantitative estimate of drug-likeness (QED) is 0.651. The molecule has 1 aromatic heterocycles. The molecule has 3 aromatic rings. The van der Waals surface area contributed by atoms with Crippen molar-refractivity contribution in [3.8, 4) is 11.8 Å². The van der Waals surface area contributed by atoms with Gasteiger partial charge in [0.25, 0.3) is 0 Å². The van der Waals surface area contributed by atoms with Gasteiger partial charge in [-0.2, -0.15) is 8.78 Å². The van der Waals surface area contributed by atoms with Crippen molar-refractivity contribution in [3.05, 3.63) is 89.0 Å². The van der Waals surface area contributed by atoms with E-state index in [9.17, 15) is 17.4 Å². The molecule has 1 unspecified atom stereocenters. The Morgan fingerprint density at radius 3 is 2.48 bits per heavy atom. The molecule has 0 saturated heterocycles. The first-order valence-electron chi connectivity index (χ1n) is 8.11. The Balaban J connectivity index is 1.94. The summed E-state index contributed by atoms with van der Waals surface area (Å²) in [5.41, 5.74) is 0.919. The van der Waals surface area contributed by atoms with Crippen molar-refractivity contribution in [1.82, 2.24) is 4.98 Å². The van der Waals surface area contributed by atoms with Crippen LogP contribution in [0.5, 0.6) is 0 Å². The number of H-pyrrole nitrogens is 1. The molecule has 0 amide bonds. The van der Waals surface area contributed by atoms with Gasteiger partial charge in [0, 0.05) is 33.7 Å². The lowest BCUT2D eigenvalue weighted by molar-refractivity contribution is 0.0629. The summed E-state index contributed by atoms with van der Waals surface area (Å²) in [6.45, 7) is 0. The lowest BCUT2D eigenvalue weighted by Crippen LogP contribution is -2.14. The maximum atomic E-state index is 14.7. The Labute approximate surface area is 157 Å². The van der Waals surface area contributed by atoms with Crippen LogP contribution in [0, 0.1) is 17.7 Å². The van der Waals surface area contributed by atoms with Crippen LogP contribution >= 0.6 is 0 Å². The Kier molecular flexibility index (Phi) is 5.52. The second-order valence-electron chi connectivity index (χ2n) is 5.98. The van der Waals surface area contributed by atoms with Gasteiger partial charge in [0.1, 0.15) is 5.82 Å². The van der Waals surface area contributed by atoms with Crippen molar-refractivity contribution >= 4 is 10.8 Å². The molecule has 2 aromatic carbocycles. The van der Waals surface area contributed by atoms with Crippen LogP contribution in [0.15, 0.2) is 65.7 Å². The minimum Gasteiger partial charge on any atom is -0.355 e. The number of halogens is 3. The van der Waals surface area contributed by atoms with Gasteiger partial charge in [-0.15, -0.1) is 0 Å². The molecular formula is C21H16F3NOS. The summed E-state index contributed by atoms with van der Waals surface area (Å²) in [5.74, 6) is 0.355. The molecular weight excluding hydrogens is 371 g/mol. The monoisotopic (exact) mass is 387 g/mol. The molecule has 1 N–H and O–H groups in total. The van der Waals surface area contributed by atoms with E-state index in [4.69, 9.17) is 0 Å². The minimum atomic E-state index is -3.43. The van der Waals surface area contributed by atoms with Crippen LogP contribution in [0.1, 0.15) is 22.4 Å². The van der Waals surface area contributed by atoms with E-state index in [-0.39, 0.29) is 17.5 Å². The zero-order chi connectivity index (χ0) is 19.4. The molecule has 0 fully saturated rings. The zero-order valence-corrected chi connectivity index (χ0v) is 15.2. The van der Waals surface area contributed by atoms with Crippen molar-refractivity contribution in [2.45, 2.75) is 17.2 Å². The fourth-order valence-electron chi connectivity index (χ4n) is 2.65. The average Bonchev–Trinajstić information content (AvgIpc) is 3.14. The molecule has 138 valence electrons. The minimum absolute atomic E-state index is 0.115. The van der Waals surface area contributed by atoms with E-state index in [2.05, 4.69) is 10.9 Å². The molecule has 0 bridgehead atoms. The highest BCUT2D eigenvalue weighted by Crippen LogP contribution is 2.32. The molecule has 0 aliphatic rings. The number of aromatic nitrogens is 1. The number of hydrogen-bond acceptors (Lipinski definition) is 1. The first-order valence-corrected chi connectivity index (χ1v) is 9.66. The van der Waals surface area contributed by atoms with Gasteiger partial charge in [-0.1, -0.05) is 12.1 Å². The van der Waals surface area contributed by atoms with E-state index in [0.29, 0.717) is 16.2 Å². The maximum Gasteiger partial charge on any atom is 0.334 e. The van der Waals surface area contributed by atoms with Crippen LogP contribution in [0.2, 0.25) is 0 Å². The normalized spacial score (nSPS) is 12.3. The molecule has 1 atom stereocenters. The summed E-state index contributed by atoms with van der Waals surface area (Å²) in [7, 11) is -1.12. The summed E-state index contributed by atoms with van der Waals surface area (Å²) < 4.78 is 54.5. The van der Waals surface area contributed by atoms with Gasteiger partial charge >= 0.3 is 5.92 Å². The highest BCUT2D eigenvalue weighted by molar-refractivity contribution is 7.84. The van der Waals surface area contributed by atoms with E-state index < -0.39 is 22.5 Å². The highest BCUT2D eigenvalue weighted by atomic mass is 32.2. The topological polar surface area (TPSA) is 32.9 Å². The molecule has 0 aliphatic heterocycles. The Bertz CT molecular complexity index is 1020. The SMILES string of the molecule is CS(=O)c1ccc(Cc2cc(F)ccc2C(F)(F)C#Cc2ccc[nH]2)cc1. The van der Waals surface area contributed by atoms with Crippen LogP contribution in [0.3, 0.4) is 0 Å². The third kappa shape index (κ3) is 4.69. The van der Waals surface area contributed by atoms with Crippen LogP contribution in [-0.2, 0) is 23.1 Å². The molecule has 27 heavy (non-hydrogen) atoms. The Morgan fingerprint density at radius 1 is 1.11 bits per heavy atom. The standard InChI is InChI=1S/C21H16F3NOS/c1-27(26)19-7-4-15(5-8-19)13-16-14-17(22)6-9-20(16)21(23,24)11-10-18-3-2-12-25-18/h2-9,12,14,25H,13H2,1H3. The Hall–Kier alpha value is -2.78. The van der Waals surface area contributed by atoms with Crippen molar-refractivity contribution < 1.29 is 17.4 Å². The summed E-state index contributed by atoms with van der Waals surface area (Å²) >= 11 is 0. The van der Waals surface area contributed by atoms with Gasteiger partial charge in [0.15, 0.2) is 0 Å². The van der Waals surface area contributed by atoms with Gasteiger partial charge < -0.3 is 4.98 Å². The fraction of sp³-hybridized carbons (Fsp3) is 0.143. The molecule has 0 spiro atoms. The van der Waals surface area contributed by atoms with Crippen molar-refractivity contribution in [2.24, 2.45) is 0 Å². The van der Waals surface area contributed by atoms with E-state index in [1.807, 2.05) is 5.92 Å². The van der Waals surface area contributed by atoms with Gasteiger partial charge in [-0.05, 0) is 71.9 Å². The van der Waals surface area contributed by atoms with E-state index in [1.165, 1.54) is 0 Å². The van der Waals surface area contributed by atoms with Crippen LogP contribution in [0.25, 0.3) is 0 Å². The molecule has 6 heteroatoms. The first kappa shape index (κ1) is 19.0. The van der Waals surface area contributed by atoms with E-state index in [0.717, 1.165) is 18.2 Å². The maximum absolute atomic E-state index is 14.7. The second kappa shape index (κ2) is 7.85. The zero-order valence-electron chi connectivity index (χ0n) is 14.4. The van der Waals surface area contributed by atoms with Gasteiger partial charge in [-0.3, -0.25) is 4.21 Å².